The summed E-state index contributed by atoms with van der Waals surface area (Å²) in [5, 5.41) is 4.39. The normalized spacial score (nSPS) is 14.4. The Morgan fingerprint density at radius 2 is 1.89 bits per heavy atom. The molecule has 3 heterocycles. The Morgan fingerprint density at radius 3 is 2.74 bits per heavy atom. The van der Waals surface area contributed by atoms with E-state index in [9.17, 15) is 9.59 Å². The van der Waals surface area contributed by atoms with Crippen molar-refractivity contribution in [2.45, 2.75) is 0 Å². The molecule has 7 heteroatoms. The lowest BCUT2D eigenvalue weighted by atomic mass is 9.98. The summed E-state index contributed by atoms with van der Waals surface area (Å²) in [6, 6.07) is 15.5. The smallest absolute Gasteiger partial charge is 0.256 e. The van der Waals surface area contributed by atoms with Gasteiger partial charge < -0.3 is 15.2 Å². The van der Waals surface area contributed by atoms with Crippen LogP contribution in [0.25, 0.3) is 21.1 Å². The van der Waals surface area contributed by atoms with Crippen molar-refractivity contribution >= 4 is 49.4 Å². The Kier molecular flexibility index (Phi) is 3.68. The first-order chi connectivity index (χ1) is 13.2. The molecule has 4 aromatic rings. The molecule has 0 unspecified atom stereocenters. The number of aromatic nitrogens is 2. The van der Waals surface area contributed by atoms with E-state index in [1.54, 1.807) is 11.1 Å². The molecule has 1 saturated heterocycles. The number of nitrogens with zero attached hydrogens (tertiary/aromatic N) is 2. The zero-order valence-electron chi connectivity index (χ0n) is 14.3. The summed E-state index contributed by atoms with van der Waals surface area (Å²) in [5.74, 6) is -0.334. The molecule has 2 aromatic heterocycles. The first-order valence-corrected chi connectivity index (χ1v) is 9.52. The molecule has 0 atom stereocenters. The van der Waals surface area contributed by atoms with Crippen LogP contribution in [0.5, 0.6) is 0 Å². The second-order valence-corrected chi connectivity index (χ2v) is 7.66. The average molecular weight is 376 g/mol. The number of hydrogen-bond acceptors (Lipinski definition) is 4. The molecule has 0 saturated carbocycles. The van der Waals surface area contributed by atoms with Gasteiger partial charge in [0.25, 0.3) is 5.91 Å². The minimum Gasteiger partial charge on any atom is -0.360 e. The fraction of sp³-hybridized carbons (Fsp3) is 0.150. The van der Waals surface area contributed by atoms with Gasteiger partial charge >= 0.3 is 0 Å². The molecule has 6 nitrogen and oxygen atoms in total. The minimum absolute atomic E-state index is 0.0449. The van der Waals surface area contributed by atoms with Gasteiger partial charge in [0.2, 0.25) is 5.91 Å². The van der Waals surface area contributed by atoms with Gasteiger partial charge in [-0.3, -0.25) is 9.59 Å². The van der Waals surface area contributed by atoms with Crippen molar-refractivity contribution in [3.8, 4) is 0 Å². The number of aromatic amines is 1. The average Bonchev–Trinajstić information content (AvgIpc) is 3.23. The van der Waals surface area contributed by atoms with Crippen molar-refractivity contribution in [1.29, 1.82) is 0 Å². The van der Waals surface area contributed by atoms with Gasteiger partial charge in [0.05, 0.1) is 21.7 Å². The molecule has 2 N–H and O–H groups in total. The SMILES string of the molecule is O=C(Nc1nc2ccccc2s1)C1CN(C(=O)c2c[nH]c3ccccc23)C1. The van der Waals surface area contributed by atoms with Crippen molar-refractivity contribution in [2.24, 2.45) is 5.92 Å². The third kappa shape index (κ3) is 2.76. The summed E-state index contributed by atoms with van der Waals surface area (Å²) in [5.41, 5.74) is 2.46. The highest BCUT2D eigenvalue weighted by atomic mass is 32.1. The Bertz CT molecular complexity index is 1140. The minimum atomic E-state index is -0.203. The van der Waals surface area contributed by atoms with E-state index >= 15 is 0 Å². The number of nitrogens with one attached hydrogen (secondary N) is 2. The summed E-state index contributed by atoms with van der Waals surface area (Å²) in [6.45, 7) is 0.851. The topological polar surface area (TPSA) is 78.1 Å². The van der Waals surface area contributed by atoms with Gasteiger partial charge in [0, 0.05) is 30.2 Å². The van der Waals surface area contributed by atoms with Crippen LogP contribution in [0, 0.1) is 5.92 Å². The van der Waals surface area contributed by atoms with Crippen LogP contribution in [0.3, 0.4) is 0 Å². The van der Waals surface area contributed by atoms with Crippen LogP contribution in [0.2, 0.25) is 0 Å². The van der Waals surface area contributed by atoms with E-state index in [1.807, 2.05) is 48.5 Å². The van der Waals surface area contributed by atoms with Crippen LogP contribution in [-0.4, -0.2) is 39.8 Å². The molecule has 0 aliphatic carbocycles. The van der Waals surface area contributed by atoms with Crippen molar-refractivity contribution in [2.75, 3.05) is 18.4 Å². The molecule has 5 rings (SSSR count). The second kappa shape index (κ2) is 6.21. The van der Waals surface area contributed by atoms with E-state index in [1.165, 1.54) is 11.3 Å². The van der Waals surface area contributed by atoms with Crippen LogP contribution in [0.15, 0.2) is 54.7 Å². The van der Waals surface area contributed by atoms with Crippen LogP contribution < -0.4 is 5.32 Å². The molecule has 27 heavy (non-hydrogen) atoms. The molecular weight excluding hydrogens is 360 g/mol. The molecule has 2 aromatic carbocycles. The first-order valence-electron chi connectivity index (χ1n) is 8.71. The van der Waals surface area contributed by atoms with E-state index < -0.39 is 0 Å². The quantitative estimate of drug-likeness (QED) is 0.575. The summed E-state index contributed by atoms with van der Waals surface area (Å²) in [6.07, 6.45) is 1.74. The highest BCUT2D eigenvalue weighted by Crippen LogP contribution is 2.28. The fourth-order valence-electron chi connectivity index (χ4n) is 3.36. The maximum Gasteiger partial charge on any atom is 0.256 e. The maximum absolute atomic E-state index is 12.7. The zero-order valence-corrected chi connectivity index (χ0v) is 15.1. The largest absolute Gasteiger partial charge is 0.360 e. The Hall–Kier alpha value is -3.19. The number of para-hydroxylation sites is 2. The Balaban J connectivity index is 1.24. The molecule has 2 amide bonds. The van der Waals surface area contributed by atoms with Crippen LogP contribution in [-0.2, 0) is 4.79 Å². The van der Waals surface area contributed by atoms with E-state index in [0.717, 1.165) is 21.1 Å². The van der Waals surface area contributed by atoms with Crippen LogP contribution in [0.4, 0.5) is 5.13 Å². The number of fused-ring (bicyclic) bond motifs is 2. The van der Waals surface area contributed by atoms with Gasteiger partial charge in [-0.1, -0.05) is 41.7 Å². The van der Waals surface area contributed by atoms with Crippen LogP contribution >= 0.6 is 11.3 Å². The molecule has 0 spiro atoms. The third-order valence-corrected chi connectivity index (χ3v) is 5.84. The predicted octanol–water partition coefficient (Wildman–Crippen LogP) is 3.49. The lowest BCUT2D eigenvalue weighted by molar-refractivity contribution is -0.123. The molecular formula is C20H16N4O2S. The van der Waals surface area contributed by atoms with Crippen LogP contribution in [0.1, 0.15) is 10.4 Å². The standard InChI is InChI=1S/C20H16N4O2S/c25-18(23-20-22-16-7-3-4-8-17(16)27-20)12-10-24(11-12)19(26)14-9-21-15-6-2-1-5-13(14)15/h1-9,12,21H,10-11H2,(H,22,23,25). The monoisotopic (exact) mass is 376 g/mol. The number of rotatable bonds is 3. The van der Waals surface area contributed by atoms with E-state index in [0.29, 0.717) is 23.8 Å². The number of anilines is 1. The number of benzene rings is 2. The maximum atomic E-state index is 12.7. The number of likely N-dealkylation sites (tertiary alicyclic amines) is 1. The van der Waals surface area contributed by atoms with Gasteiger partial charge in [-0.2, -0.15) is 0 Å². The summed E-state index contributed by atoms with van der Waals surface area (Å²) < 4.78 is 1.04. The molecule has 1 fully saturated rings. The molecule has 0 bridgehead atoms. The fourth-order valence-corrected chi connectivity index (χ4v) is 4.23. The summed E-state index contributed by atoms with van der Waals surface area (Å²) >= 11 is 1.46. The second-order valence-electron chi connectivity index (χ2n) is 6.63. The zero-order chi connectivity index (χ0) is 18.4. The lowest BCUT2D eigenvalue weighted by Gasteiger charge is -2.37. The molecule has 1 aliphatic rings. The van der Waals surface area contributed by atoms with E-state index in [-0.39, 0.29) is 17.7 Å². The number of amides is 2. The molecule has 1 aliphatic heterocycles. The first kappa shape index (κ1) is 16.0. The van der Waals surface area contributed by atoms with Crippen molar-refractivity contribution in [3.63, 3.8) is 0 Å². The lowest BCUT2D eigenvalue weighted by Crippen LogP contribution is -2.54. The van der Waals surface area contributed by atoms with E-state index in [2.05, 4.69) is 15.3 Å². The Labute approximate surface area is 158 Å². The summed E-state index contributed by atoms with van der Waals surface area (Å²) in [7, 11) is 0. The summed E-state index contributed by atoms with van der Waals surface area (Å²) in [4.78, 5) is 34.4. The highest BCUT2D eigenvalue weighted by molar-refractivity contribution is 7.22. The van der Waals surface area contributed by atoms with Gasteiger partial charge in [-0.05, 0) is 18.2 Å². The van der Waals surface area contributed by atoms with Crippen molar-refractivity contribution in [3.05, 3.63) is 60.3 Å². The molecule has 134 valence electrons. The number of hydrogen-bond donors (Lipinski definition) is 2. The Morgan fingerprint density at radius 1 is 1.11 bits per heavy atom. The third-order valence-electron chi connectivity index (χ3n) is 4.88. The van der Waals surface area contributed by atoms with Gasteiger partial charge in [0.1, 0.15) is 0 Å². The van der Waals surface area contributed by atoms with Crippen molar-refractivity contribution < 1.29 is 9.59 Å². The van der Waals surface area contributed by atoms with E-state index in [4.69, 9.17) is 0 Å². The number of H-pyrrole nitrogens is 1. The predicted molar refractivity (Wildman–Crippen MR) is 106 cm³/mol. The van der Waals surface area contributed by atoms with Crippen molar-refractivity contribution in [1.82, 2.24) is 14.9 Å². The number of carbonyl (C=O) groups excluding carboxylic acids is 2. The molecule has 0 radical (unpaired) electrons. The number of thiazole rings is 1. The van der Waals surface area contributed by atoms with Gasteiger partial charge in [0.15, 0.2) is 5.13 Å². The van der Waals surface area contributed by atoms with Gasteiger partial charge in [-0.15, -0.1) is 0 Å². The highest BCUT2D eigenvalue weighted by Gasteiger charge is 2.37. The van der Waals surface area contributed by atoms with Gasteiger partial charge in [-0.25, -0.2) is 4.98 Å². The number of carbonyl (C=O) groups is 2.